The summed E-state index contributed by atoms with van der Waals surface area (Å²) in [5.74, 6) is -0.157. The molecule has 1 unspecified atom stereocenters. The zero-order valence-corrected chi connectivity index (χ0v) is 13.4. The molecule has 0 heterocycles. The van der Waals surface area contributed by atoms with Gasteiger partial charge in [0.2, 0.25) is 5.91 Å². The third kappa shape index (κ3) is 3.93. The van der Waals surface area contributed by atoms with Crippen molar-refractivity contribution in [3.63, 3.8) is 0 Å². The number of urea groups is 1. The number of benzene rings is 2. The van der Waals surface area contributed by atoms with Crippen LogP contribution in [0.1, 0.15) is 35.6 Å². The van der Waals surface area contributed by atoms with Gasteiger partial charge in [0, 0.05) is 5.69 Å². The molecule has 0 saturated carbocycles. The van der Waals surface area contributed by atoms with E-state index in [1.807, 2.05) is 42.5 Å². The summed E-state index contributed by atoms with van der Waals surface area (Å²) in [6.45, 7) is 0. The molecule has 1 atom stereocenters. The van der Waals surface area contributed by atoms with E-state index in [9.17, 15) is 9.59 Å². The van der Waals surface area contributed by atoms with E-state index in [2.05, 4.69) is 16.7 Å². The lowest BCUT2D eigenvalue weighted by Crippen LogP contribution is -2.35. The number of amides is 3. The van der Waals surface area contributed by atoms with Gasteiger partial charge in [0.1, 0.15) is 0 Å². The SMILES string of the molecule is NC(=O)NC(CC(=O)Nc1ccc2c(c1)CCC2)c1ccccc1. The Bertz CT molecular complexity index is 744. The maximum absolute atomic E-state index is 12.4. The molecule has 4 N–H and O–H groups in total. The molecule has 3 rings (SSSR count). The van der Waals surface area contributed by atoms with Gasteiger partial charge in [0.05, 0.1) is 12.5 Å². The van der Waals surface area contributed by atoms with Crippen LogP contribution in [0.2, 0.25) is 0 Å². The van der Waals surface area contributed by atoms with E-state index in [-0.39, 0.29) is 12.3 Å². The highest BCUT2D eigenvalue weighted by Crippen LogP contribution is 2.25. The maximum Gasteiger partial charge on any atom is 0.312 e. The van der Waals surface area contributed by atoms with E-state index in [4.69, 9.17) is 5.73 Å². The quantitative estimate of drug-likeness (QED) is 0.790. The molecule has 124 valence electrons. The van der Waals surface area contributed by atoms with Gasteiger partial charge in [-0.05, 0) is 48.1 Å². The second kappa shape index (κ2) is 7.17. The number of nitrogens with one attached hydrogen (secondary N) is 2. The van der Waals surface area contributed by atoms with E-state index in [0.717, 1.165) is 24.1 Å². The van der Waals surface area contributed by atoms with Gasteiger partial charge in [-0.15, -0.1) is 0 Å². The summed E-state index contributed by atoms with van der Waals surface area (Å²) in [6, 6.07) is 14.3. The van der Waals surface area contributed by atoms with Crippen molar-refractivity contribution in [1.29, 1.82) is 0 Å². The average molecular weight is 323 g/mol. The Morgan fingerprint density at radius 2 is 1.79 bits per heavy atom. The summed E-state index contributed by atoms with van der Waals surface area (Å²) in [4.78, 5) is 23.6. The summed E-state index contributed by atoms with van der Waals surface area (Å²) >= 11 is 0. The summed E-state index contributed by atoms with van der Waals surface area (Å²) < 4.78 is 0. The predicted octanol–water partition coefficient (Wildman–Crippen LogP) is 2.91. The van der Waals surface area contributed by atoms with Gasteiger partial charge in [-0.1, -0.05) is 36.4 Å². The Labute approximate surface area is 141 Å². The maximum atomic E-state index is 12.4. The smallest absolute Gasteiger partial charge is 0.312 e. The molecule has 5 nitrogen and oxygen atoms in total. The minimum atomic E-state index is -0.644. The molecular weight excluding hydrogens is 302 g/mol. The Balaban J connectivity index is 1.68. The van der Waals surface area contributed by atoms with Gasteiger partial charge in [-0.2, -0.15) is 0 Å². The van der Waals surface area contributed by atoms with Crippen LogP contribution in [-0.4, -0.2) is 11.9 Å². The number of primary amides is 1. The molecule has 3 amide bonds. The number of rotatable bonds is 5. The van der Waals surface area contributed by atoms with E-state index in [1.165, 1.54) is 17.5 Å². The molecule has 2 aromatic carbocycles. The van der Waals surface area contributed by atoms with Crippen LogP contribution in [-0.2, 0) is 17.6 Å². The number of anilines is 1. The molecule has 0 bridgehead atoms. The van der Waals surface area contributed by atoms with Gasteiger partial charge in [0.15, 0.2) is 0 Å². The van der Waals surface area contributed by atoms with Crippen molar-refractivity contribution in [3.05, 3.63) is 65.2 Å². The van der Waals surface area contributed by atoms with Gasteiger partial charge >= 0.3 is 6.03 Å². The van der Waals surface area contributed by atoms with Crippen LogP contribution in [0.4, 0.5) is 10.5 Å². The first kappa shape index (κ1) is 16.1. The normalized spacial score (nSPS) is 13.8. The molecule has 1 aliphatic rings. The number of nitrogens with two attached hydrogens (primary N) is 1. The molecule has 0 spiro atoms. The van der Waals surface area contributed by atoms with Gasteiger partial charge in [-0.25, -0.2) is 4.79 Å². The van der Waals surface area contributed by atoms with Crippen molar-refractivity contribution >= 4 is 17.6 Å². The molecule has 0 radical (unpaired) electrons. The molecule has 0 aromatic heterocycles. The molecule has 0 fully saturated rings. The van der Waals surface area contributed by atoms with Crippen molar-refractivity contribution in [2.24, 2.45) is 5.73 Å². The molecule has 5 heteroatoms. The predicted molar refractivity (Wildman–Crippen MR) is 93.6 cm³/mol. The minimum Gasteiger partial charge on any atom is -0.352 e. The van der Waals surface area contributed by atoms with E-state index >= 15 is 0 Å². The van der Waals surface area contributed by atoms with Crippen LogP contribution in [0.25, 0.3) is 0 Å². The highest BCUT2D eigenvalue weighted by molar-refractivity contribution is 5.91. The van der Waals surface area contributed by atoms with Crippen LogP contribution in [0.15, 0.2) is 48.5 Å². The van der Waals surface area contributed by atoms with Gasteiger partial charge < -0.3 is 16.4 Å². The number of carbonyl (C=O) groups is 2. The van der Waals surface area contributed by atoms with Crippen LogP contribution in [0.3, 0.4) is 0 Å². The average Bonchev–Trinajstić information content (AvgIpc) is 3.02. The standard InChI is InChI=1S/C19H21N3O2/c20-19(24)22-17(14-5-2-1-3-6-14)12-18(23)21-16-10-9-13-7-4-8-15(13)11-16/h1-3,5-6,9-11,17H,4,7-8,12H2,(H,21,23)(H3,20,22,24). The van der Waals surface area contributed by atoms with Gasteiger partial charge in [-0.3, -0.25) is 4.79 Å². The summed E-state index contributed by atoms with van der Waals surface area (Å²) in [7, 11) is 0. The first-order valence-electron chi connectivity index (χ1n) is 8.14. The molecular formula is C19H21N3O2. The Morgan fingerprint density at radius 1 is 1.04 bits per heavy atom. The monoisotopic (exact) mass is 323 g/mol. The lowest BCUT2D eigenvalue weighted by molar-refractivity contribution is -0.116. The number of carbonyl (C=O) groups excluding carboxylic acids is 2. The Kier molecular flexibility index (Phi) is 4.79. The molecule has 1 aliphatic carbocycles. The first-order valence-corrected chi connectivity index (χ1v) is 8.14. The third-order valence-corrected chi connectivity index (χ3v) is 4.29. The van der Waals surface area contributed by atoms with Crippen LogP contribution < -0.4 is 16.4 Å². The van der Waals surface area contributed by atoms with Crippen molar-refractivity contribution in [2.75, 3.05) is 5.32 Å². The van der Waals surface area contributed by atoms with Crippen molar-refractivity contribution in [3.8, 4) is 0 Å². The Morgan fingerprint density at radius 3 is 2.54 bits per heavy atom. The Hall–Kier alpha value is -2.82. The summed E-state index contributed by atoms with van der Waals surface area (Å²) in [5, 5.41) is 5.55. The van der Waals surface area contributed by atoms with Crippen LogP contribution in [0, 0.1) is 0 Å². The topological polar surface area (TPSA) is 84.2 Å². The second-order valence-corrected chi connectivity index (χ2v) is 6.06. The number of hydrogen-bond donors (Lipinski definition) is 3. The largest absolute Gasteiger partial charge is 0.352 e. The zero-order chi connectivity index (χ0) is 16.9. The van der Waals surface area contributed by atoms with Gasteiger partial charge in [0.25, 0.3) is 0 Å². The molecule has 2 aromatic rings. The van der Waals surface area contributed by atoms with Crippen LogP contribution >= 0.6 is 0 Å². The summed E-state index contributed by atoms with van der Waals surface area (Å²) in [6.07, 6.45) is 3.48. The minimum absolute atomic E-state index is 0.129. The van der Waals surface area contributed by atoms with Crippen molar-refractivity contribution in [1.82, 2.24) is 5.32 Å². The fraction of sp³-hybridized carbons (Fsp3) is 0.263. The third-order valence-electron chi connectivity index (χ3n) is 4.29. The fourth-order valence-corrected chi connectivity index (χ4v) is 3.16. The first-order chi connectivity index (χ1) is 11.6. The van der Waals surface area contributed by atoms with Crippen LogP contribution in [0.5, 0.6) is 0 Å². The van der Waals surface area contributed by atoms with Crippen molar-refractivity contribution < 1.29 is 9.59 Å². The number of fused-ring (bicyclic) bond motifs is 1. The van der Waals surface area contributed by atoms with E-state index in [1.54, 1.807) is 0 Å². The van der Waals surface area contributed by atoms with E-state index < -0.39 is 12.1 Å². The number of aryl methyl sites for hydroxylation is 2. The lowest BCUT2D eigenvalue weighted by atomic mass is 10.0. The molecule has 24 heavy (non-hydrogen) atoms. The van der Waals surface area contributed by atoms with E-state index in [0.29, 0.717) is 0 Å². The second-order valence-electron chi connectivity index (χ2n) is 6.06. The summed E-state index contributed by atoms with van der Waals surface area (Å²) in [5.41, 5.74) is 9.56. The number of hydrogen-bond acceptors (Lipinski definition) is 2. The lowest BCUT2D eigenvalue weighted by Gasteiger charge is -2.18. The molecule has 0 aliphatic heterocycles. The fourth-order valence-electron chi connectivity index (χ4n) is 3.16. The van der Waals surface area contributed by atoms with Crippen molar-refractivity contribution in [2.45, 2.75) is 31.7 Å². The highest BCUT2D eigenvalue weighted by atomic mass is 16.2. The zero-order valence-electron chi connectivity index (χ0n) is 13.4. The highest BCUT2D eigenvalue weighted by Gasteiger charge is 2.18. The molecule has 0 saturated heterocycles.